The summed E-state index contributed by atoms with van der Waals surface area (Å²) in [7, 11) is 3.33. The van der Waals surface area contributed by atoms with Crippen LogP contribution in [0.3, 0.4) is 0 Å². The minimum absolute atomic E-state index is 0.0954. The van der Waals surface area contributed by atoms with Crippen LogP contribution in [0, 0.1) is 0 Å². The Morgan fingerprint density at radius 1 is 1.07 bits per heavy atom. The van der Waals surface area contributed by atoms with E-state index in [1.165, 1.54) is 0 Å². The molecule has 1 heterocycles. The van der Waals surface area contributed by atoms with Gasteiger partial charge in [-0.25, -0.2) is 4.98 Å². The fourth-order valence-electron chi connectivity index (χ4n) is 3.14. The van der Waals surface area contributed by atoms with Gasteiger partial charge in [-0.2, -0.15) is 0 Å². The highest BCUT2D eigenvalue weighted by Gasteiger charge is 2.10. The van der Waals surface area contributed by atoms with Gasteiger partial charge in [0.1, 0.15) is 5.75 Å². The van der Waals surface area contributed by atoms with Crippen molar-refractivity contribution in [2.45, 2.75) is 25.7 Å². The van der Waals surface area contributed by atoms with Crippen molar-refractivity contribution in [1.82, 2.24) is 10.3 Å². The van der Waals surface area contributed by atoms with Crippen molar-refractivity contribution in [3.63, 3.8) is 0 Å². The van der Waals surface area contributed by atoms with Crippen LogP contribution in [0.15, 0.2) is 36.4 Å². The summed E-state index contributed by atoms with van der Waals surface area (Å²) in [6.45, 7) is 0.821. The molecule has 5 nitrogen and oxygen atoms in total. The number of amides is 1. The van der Waals surface area contributed by atoms with Crippen LogP contribution in [0.25, 0.3) is 21.8 Å². The molecule has 2 N–H and O–H groups in total. The molecule has 3 rings (SSSR count). The van der Waals surface area contributed by atoms with E-state index in [1.807, 2.05) is 36.4 Å². The van der Waals surface area contributed by atoms with E-state index in [0.29, 0.717) is 11.4 Å². The maximum atomic E-state index is 11.3. The van der Waals surface area contributed by atoms with Gasteiger partial charge in [0.25, 0.3) is 0 Å². The number of anilines is 1. The number of hydrogen-bond donors (Lipinski definition) is 2. The summed E-state index contributed by atoms with van der Waals surface area (Å²) < 4.78 is 5.38. The molecule has 0 unspecified atom stereocenters. The lowest BCUT2D eigenvalue weighted by Gasteiger charge is -2.14. The first-order chi connectivity index (χ1) is 13.1. The van der Waals surface area contributed by atoms with Crippen molar-refractivity contribution >= 4 is 45.0 Å². The Bertz CT molecular complexity index is 959. The van der Waals surface area contributed by atoms with E-state index in [9.17, 15) is 4.79 Å². The Balaban J connectivity index is 1.83. The van der Waals surface area contributed by atoms with Crippen molar-refractivity contribution in [2.24, 2.45) is 0 Å². The predicted octanol–water partition coefficient (Wildman–Crippen LogP) is 4.77. The molecule has 1 aromatic heterocycles. The lowest BCUT2D eigenvalue weighted by atomic mass is 10.1. The fourth-order valence-corrected chi connectivity index (χ4v) is 3.31. The number of carbonyl (C=O) groups is 1. The maximum absolute atomic E-state index is 11.3. The quantitative estimate of drug-likeness (QED) is 0.433. The Morgan fingerprint density at radius 3 is 2.70 bits per heavy atom. The molecule has 0 saturated heterocycles. The lowest BCUT2D eigenvalue weighted by Crippen LogP contribution is -2.17. The van der Waals surface area contributed by atoms with E-state index in [1.54, 1.807) is 14.2 Å². The van der Waals surface area contributed by atoms with Crippen LogP contribution >= 0.6 is 11.6 Å². The third kappa shape index (κ3) is 4.61. The van der Waals surface area contributed by atoms with Crippen molar-refractivity contribution in [1.29, 1.82) is 0 Å². The van der Waals surface area contributed by atoms with Crippen LogP contribution < -0.4 is 15.4 Å². The summed E-state index contributed by atoms with van der Waals surface area (Å²) in [5.41, 5.74) is 2.80. The van der Waals surface area contributed by atoms with Crippen LogP contribution in [0.5, 0.6) is 5.75 Å². The molecule has 3 aromatic rings. The summed E-state index contributed by atoms with van der Waals surface area (Å²) in [6, 6.07) is 11.6. The minimum Gasteiger partial charge on any atom is -0.497 e. The van der Waals surface area contributed by atoms with Gasteiger partial charge in [0.2, 0.25) is 5.91 Å². The molecule has 0 radical (unpaired) electrons. The topological polar surface area (TPSA) is 63.2 Å². The van der Waals surface area contributed by atoms with Crippen molar-refractivity contribution in [2.75, 3.05) is 26.0 Å². The first-order valence-electron chi connectivity index (χ1n) is 9.14. The van der Waals surface area contributed by atoms with E-state index in [2.05, 4.69) is 10.6 Å². The molecule has 0 aliphatic heterocycles. The van der Waals surface area contributed by atoms with E-state index in [0.717, 1.165) is 59.0 Å². The molecule has 6 heteroatoms. The zero-order chi connectivity index (χ0) is 19.2. The number of carbonyl (C=O) groups excluding carboxylic acids is 1. The van der Waals surface area contributed by atoms with E-state index in [-0.39, 0.29) is 5.91 Å². The Morgan fingerprint density at radius 2 is 1.93 bits per heavy atom. The van der Waals surface area contributed by atoms with E-state index < -0.39 is 0 Å². The smallest absolute Gasteiger partial charge is 0.219 e. The van der Waals surface area contributed by atoms with Crippen LogP contribution in [-0.4, -0.2) is 31.6 Å². The summed E-state index contributed by atoms with van der Waals surface area (Å²) in [4.78, 5) is 16.0. The molecule has 0 bridgehead atoms. The number of pyridine rings is 1. The number of rotatable bonds is 8. The number of fused-ring (bicyclic) bond motifs is 2. The molecule has 0 aliphatic carbocycles. The van der Waals surface area contributed by atoms with E-state index >= 15 is 0 Å². The maximum Gasteiger partial charge on any atom is 0.219 e. The predicted molar refractivity (Wildman–Crippen MR) is 112 cm³/mol. The van der Waals surface area contributed by atoms with Gasteiger partial charge < -0.3 is 15.4 Å². The molecule has 2 aromatic carbocycles. The lowest BCUT2D eigenvalue weighted by molar-refractivity contribution is -0.120. The van der Waals surface area contributed by atoms with Crippen LogP contribution in [0.1, 0.15) is 25.7 Å². The number of nitrogens with zero attached hydrogens (tertiary/aromatic N) is 1. The molecule has 0 fully saturated rings. The number of ether oxygens (including phenoxy) is 1. The third-order valence-corrected chi connectivity index (χ3v) is 4.84. The molecule has 1 amide bonds. The van der Waals surface area contributed by atoms with Crippen molar-refractivity contribution in [3.8, 4) is 5.75 Å². The number of benzene rings is 2. The Kier molecular flexibility index (Phi) is 6.35. The van der Waals surface area contributed by atoms with Gasteiger partial charge in [0.05, 0.1) is 23.8 Å². The van der Waals surface area contributed by atoms with Gasteiger partial charge in [0.15, 0.2) is 0 Å². The van der Waals surface area contributed by atoms with Crippen LogP contribution in [-0.2, 0) is 4.79 Å². The van der Waals surface area contributed by atoms with Gasteiger partial charge in [-0.1, -0.05) is 18.0 Å². The van der Waals surface area contributed by atoms with Gasteiger partial charge in [0, 0.05) is 35.8 Å². The standard InChI is InChI=1S/C21H24ClN3O2/c1-23-20(26)6-4-3-5-11-24-21-16-9-7-14(22)12-19(16)25-18-10-8-15(27-2)13-17(18)21/h7-10,12-13H,3-6,11H2,1-2H3,(H,23,26)(H,24,25). The largest absolute Gasteiger partial charge is 0.497 e. The highest BCUT2D eigenvalue weighted by atomic mass is 35.5. The van der Waals surface area contributed by atoms with Gasteiger partial charge in [-0.3, -0.25) is 4.79 Å². The second-order valence-corrected chi connectivity index (χ2v) is 6.88. The van der Waals surface area contributed by atoms with Crippen LogP contribution in [0.2, 0.25) is 5.02 Å². The molecular formula is C21H24ClN3O2. The summed E-state index contributed by atoms with van der Waals surface area (Å²) >= 11 is 6.16. The molecule has 142 valence electrons. The highest BCUT2D eigenvalue weighted by molar-refractivity contribution is 6.31. The average Bonchev–Trinajstić information content (AvgIpc) is 2.68. The Labute approximate surface area is 164 Å². The number of aromatic nitrogens is 1. The molecule has 0 spiro atoms. The highest BCUT2D eigenvalue weighted by Crippen LogP contribution is 2.34. The van der Waals surface area contributed by atoms with Crippen molar-refractivity contribution in [3.05, 3.63) is 41.4 Å². The fraction of sp³-hybridized carbons (Fsp3) is 0.333. The van der Waals surface area contributed by atoms with Gasteiger partial charge in [-0.15, -0.1) is 0 Å². The normalized spacial score (nSPS) is 10.9. The number of unbranched alkanes of at least 4 members (excludes halogenated alkanes) is 2. The first kappa shape index (κ1) is 19.2. The SMILES string of the molecule is CNC(=O)CCCCCNc1c2ccc(Cl)cc2nc2ccc(OC)cc12. The monoisotopic (exact) mass is 385 g/mol. The second kappa shape index (κ2) is 8.91. The molecule has 27 heavy (non-hydrogen) atoms. The average molecular weight is 386 g/mol. The minimum atomic E-state index is 0.0954. The second-order valence-electron chi connectivity index (χ2n) is 6.44. The number of nitrogens with one attached hydrogen (secondary N) is 2. The number of methoxy groups -OCH3 is 1. The number of hydrogen-bond acceptors (Lipinski definition) is 4. The van der Waals surface area contributed by atoms with Gasteiger partial charge in [-0.05, 0) is 49.2 Å². The Hall–Kier alpha value is -2.53. The number of halogens is 1. The summed E-state index contributed by atoms with van der Waals surface area (Å²) in [5.74, 6) is 0.893. The van der Waals surface area contributed by atoms with E-state index in [4.69, 9.17) is 21.3 Å². The zero-order valence-electron chi connectivity index (χ0n) is 15.6. The summed E-state index contributed by atoms with van der Waals surface area (Å²) in [5, 5.41) is 8.94. The van der Waals surface area contributed by atoms with Crippen molar-refractivity contribution < 1.29 is 9.53 Å². The molecular weight excluding hydrogens is 362 g/mol. The summed E-state index contributed by atoms with van der Waals surface area (Å²) in [6.07, 6.45) is 3.45. The van der Waals surface area contributed by atoms with Crippen LogP contribution in [0.4, 0.5) is 5.69 Å². The molecule has 0 aliphatic rings. The zero-order valence-corrected chi connectivity index (χ0v) is 16.4. The van der Waals surface area contributed by atoms with Gasteiger partial charge >= 0.3 is 0 Å². The molecule has 0 atom stereocenters. The molecule has 0 saturated carbocycles. The third-order valence-electron chi connectivity index (χ3n) is 4.60. The first-order valence-corrected chi connectivity index (χ1v) is 9.51.